The van der Waals surface area contributed by atoms with Crippen molar-refractivity contribution in [3.63, 3.8) is 0 Å². The van der Waals surface area contributed by atoms with E-state index in [-0.39, 0.29) is 5.82 Å². The Morgan fingerprint density at radius 2 is 1.97 bits per heavy atom. The van der Waals surface area contributed by atoms with E-state index < -0.39 is 5.41 Å². The van der Waals surface area contributed by atoms with Gasteiger partial charge in [0.15, 0.2) is 0 Å². The van der Waals surface area contributed by atoms with Crippen LogP contribution in [0.2, 0.25) is 0 Å². The number of aromatic nitrogens is 6. The van der Waals surface area contributed by atoms with E-state index >= 15 is 0 Å². The van der Waals surface area contributed by atoms with Gasteiger partial charge in [0.1, 0.15) is 18.0 Å². The fourth-order valence-corrected chi connectivity index (χ4v) is 4.19. The number of aryl methyl sites for hydroxylation is 1. The molecule has 0 atom stereocenters. The summed E-state index contributed by atoms with van der Waals surface area (Å²) in [5.74, 6) is 0.960. The molecule has 3 aromatic heterocycles. The standard InChI is InChI=1S/C22H25FN6O/c1-5-22(6-2,21-24-13-25-28-21)16-8-9-18(27-20(16)30-4)14-10-17(23)15-12-26-29(7-3)19(15)11-14/h8-13H,5-7H2,1-4H3,(H,24,25,28). The summed E-state index contributed by atoms with van der Waals surface area (Å²) >= 11 is 0. The van der Waals surface area contributed by atoms with E-state index in [4.69, 9.17) is 9.72 Å². The van der Waals surface area contributed by atoms with E-state index in [1.165, 1.54) is 6.07 Å². The van der Waals surface area contributed by atoms with Crippen LogP contribution in [-0.4, -0.2) is 37.1 Å². The van der Waals surface area contributed by atoms with Gasteiger partial charge in [-0.2, -0.15) is 5.10 Å². The minimum Gasteiger partial charge on any atom is -0.481 e. The summed E-state index contributed by atoms with van der Waals surface area (Å²) in [5, 5.41) is 13.0. The molecule has 4 aromatic rings. The molecule has 3 heterocycles. The van der Waals surface area contributed by atoms with Gasteiger partial charge in [0, 0.05) is 17.7 Å². The summed E-state index contributed by atoms with van der Waals surface area (Å²) in [7, 11) is 1.60. The lowest BCUT2D eigenvalue weighted by molar-refractivity contribution is 0.365. The number of hydrogen-bond acceptors (Lipinski definition) is 5. The van der Waals surface area contributed by atoms with E-state index in [1.54, 1.807) is 24.3 Å². The first kappa shape index (κ1) is 20.0. The van der Waals surface area contributed by atoms with Gasteiger partial charge in [0.25, 0.3) is 0 Å². The second-order valence-corrected chi connectivity index (χ2v) is 7.23. The maximum absolute atomic E-state index is 14.7. The van der Waals surface area contributed by atoms with Crippen LogP contribution >= 0.6 is 0 Å². The quantitative estimate of drug-likeness (QED) is 0.487. The Hall–Kier alpha value is -3.29. The van der Waals surface area contributed by atoms with Crippen molar-refractivity contribution < 1.29 is 9.13 Å². The van der Waals surface area contributed by atoms with Crippen molar-refractivity contribution in [1.82, 2.24) is 29.9 Å². The number of fused-ring (bicyclic) bond motifs is 1. The molecule has 1 N–H and O–H groups in total. The number of nitrogens with zero attached hydrogens (tertiary/aromatic N) is 5. The van der Waals surface area contributed by atoms with Crippen LogP contribution in [0.15, 0.2) is 36.8 Å². The van der Waals surface area contributed by atoms with Crippen LogP contribution in [-0.2, 0) is 12.0 Å². The second kappa shape index (κ2) is 7.85. The SMILES string of the molecule is CCn1ncc2c(F)cc(-c3ccc(C(CC)(CC)c4nnc[nH]4)c(OC)n3)cc21. The lowest BCUT2D eigenvalue weighted by Crippen LogP contribution is -2.28. The predicted molar refractivity (Wildman–Crippen MR) is 113 cm³/mol. The Kier molecular flexibility index (Phi) is 5.24. The van der Waals surface area contributed by atoms with Crippen LogP contribution in [0.25, 0.3) is 22.2 Å². The number of aromatic amines is 1. The Morgan fingerprint density at radius 3 is 2.60 bits per heavy atom. The van der Waals surface area contributed by atoms with Crippen molar-refractivity contribution in [2.24, 2.45) is 0 Å². The van der Waals surface area contributed by atoms with Gasteiger partial charge in [0.2, 0.25) is 5.88 Å². The van der Waals surface area contributed by atoms with Crippen molar-refractivity contribution in [3.05, 3.63) is 54.0 Å². The molecule has 0 aliphatic rings. The number of rotatable bonds is 7. The molecule has 8 heteroatoms. The number of ether oxygens (including phenoxy) is 1. The largest absolute Gasteiger partial charge is 0.481 e. The van der Waals surface area contributed by atoms with Crippen LogP contribution in [0.5, 0.6) is 5.88 Å². The van der Waals surface area contributed by atoms with Gasteiger partial charge < -0.3 is 9.72 Å². The topological polar surface area (TPSA) is 81.5 Å². The summed E-state index contributed by atoms with van der Waals surface area (Å²) in [6, 6.07) is 7.31. The third kappa shape index (κ3) is 3.03. The summed E-state index contributed by atoms with van der Waals surface area (Å²) in [6.45, 7) is 6.85. The highest BCUT2D eigenvalue weighted by Gasteiger charge is 2.37. The van der Waals surface area contributed by atoms with E-state index in [9.17, 15) is 4.39 Å². The van der Waals surface area contributed by atoms with Crippen molar-refractivity contribution in [1.29, 1.82) is 0 Å². The number of pyridine rings is 1. The van der Waals surface area contributed by atoms with E-state index in [2.05, 4.69) is 34.1 Å². The Morgan fingerprint density at radius 1 is 1.17 bits per heavy atom. The molecule has 4 rings (SSSR count). The Labute approximate surface area is 174 Å². The fraction of sp³-hybridized carbons (Fsp3) is 0.364. The third-order valence-corrected chi connectivity index (χ3v) is 5.95. The third-order valence-electron chi connectivity index (χ3n) is 5.95. The normalized spacial score (nSPS) is 11.9. The Bertz CT molecular complexity index is 1160. The number of halogens is 1. The average molecular weight is 408 g/mol. The molecule has 0 unspecified atom stereocenters. The zero-order valence-electron chi connectivity index (χ0n) is 17.6. The molecule has 0 amide bonds. The van der Waals surface area contributed by atoms with Gasteiger partial charge in [-0.15, -0.1) is 10.2 Å². The van der Waals surface area contributed by atoms with Crippen LogP contribution in [0.3, 0.4) is 0 Å². The summed E-state index contributed by atoms with van der Waals surface area (Å²) in [6.07, 6.45) is 4.74. The molecular weight excluding hydrogens is 383 g/mol. The molecule has 0 aliphatic carbocycles. The first-order valence-corrected chi connectivity index (χ1v) is 10.1. The fourth-order valence-electron chi connectivity index (χ4n) is 4.19. The molecule has 30 heavy (non-hydrogen) atoms. The van der Waals surface area contributed by atoms with Gasteiger partial charge in [-0.1, -0.05) is 19.9 Å². The molecule has 7 nitrogen and oxygen atoms in total. The van der Waals surface area contributed by atoms with Crippen LogP contribution in [0.1, 0.15) is 45.0 Å². The highest BCUT2D eigenvalue weighted by molar-refractivity contribution is 5.84. The van der Waals surface area contributed by atoms with Gasteiger partial charge >= 0.3 is 0 Å². The second-order valence-electron chi connectivity index (χ2n) is 7.23. The summed E-state index contributed by atoms with van der Waals surface area (Å²) in [5.41, 5.74) is 2.59. The molecule has 0 spiro atoms. The van der Waals surface area contributed by atoms with Gasteiger partial charge in [0.05, 0.1) is 35.3 Å². The van der Waals surface area contributed by atoms with E-state index in [1.807, 2.05) is 25.1 Å². The first-order chi connectivity index (χ1) is 14.6. The van der Waals surface area contributed by atoms with E-state index in [0.717, 1.165) is 29.7 Å². The Balaban J connectivity index is 1.86. The molecule has 0 fully saturated rings. The number of hydrogen-bond donors (Lipinski definition) is 1. The van der Waals surface area contributed by atoms with Gasteiger partial charge in [-0.25, -0.2) is 9.37 Å². The number of methoxy groups -OCH3 is 1. The van der Waals surface area contributed by atoms with Crippen molar-refractivity contribution in [2.75, 3.05) is 7.11 Å². The summed E-state index contributed by atoms with van der Waals surface area (Å²) in [4.78, 5) is 7.89. The van der Waals surface area contributed by atoms with Crippen LogP contribution < -0.4 is 4.74 Å². The van der Waals surface area contributed by atoms with Gasteiger partial charge in [-0.05, 0) is 38.0 Å². The average Bonchev–Trinajstić information content (AvgIpc) is 3.45. The molecule has 0 radical (unpaired) electrons. The zero-order chi connectivity index (χ0) is 21.3. The van der Waals surface area contributed by atoms with Crippen molar-refractivity contribution in [2.45, 2.75) is 45.6 Å². The van der Waals surface area contributed by atoms with Crippen LogP contribution in [0, 0.1) is 5.82 Å². The number of nitrogens with one attached hydrogen (secondary N) is 1. The highest BCUT2D eigenvalue weighted by atomic mass is 19.1. The predicted octanol–water partition coefficient (Wildman–Crippen LogP) is 4.49. The molecule has 0 aliphatic heterocycles. The monoisotopic (exact) mass is 408 g/mol. The molecule has 0 saturated carbocycles. The van der Waals surface area contributed by atoms with Crippen molar-refractivity contribution in [3.8, 4) is 17.1 Å². The highest BCUT2D eigenvalue weighted by Crippen LogP contribution is 2.41. The maximum atomic E-state index is 14.7. The smallest absolute Gasteiger partial charge is 0.217 e. The minimum absolute atomic E-state index is 0.315. The van der Waals surface area contributed by atoms with E-state index in [0.29, 0.717) is 29.1 Å². The van der Waals surface area contributed by atoms with Crippen molar-refractivity contribution >= 4 is 10.9 Å². The van der Waals surface area contributed by atoms with Gasteiger partial charge in [-0.3, -0.25) is 4.68 Å². The molecule has 1 aromatic carbocycles. The number of H-pyrrole nitrogens is 1. The lowest BCUT2D eigenvalue weighted by atomic mass is 9.75. The first-order valence-electron chi connectivity index (χ1n) is 10.1. The minimum atomic E-state index is -0.399. The molecule has 0 saturated heterocycles. The molecular formula is C22H25FN6O. The molecule has 156 valence electrons. The maximum Gasteiger partial charge on any atom is 0.217 e. The van der Waals surface area contributed by atoms with Crippen LogP contribution in [0.4, 0.5) is 4.39 Å². The summed E-state index contributed by atoms with van der Waals surface area (Å²) < 4.78 is 22.1. The number of benzene rings is 1. The zero-order valence-corrected chi connectivity index (χ0v) is 17.6. The molecule has 0 bridgehead atoms. The lowest BCUT2D eigenvalue weighted by Gasteiger charge is -2.30.